The zero-order valence-electron chi connectivity index (χ0n) is 48.5. The molecule has 3 rings (SSSR count). The van der Waals surface area contributed by atoms with Crippen LogP contribution in [0.25, 0.3) is 10.9 Å². The molecule has 0 aliphatic rings. The van der Waals surface area contributed by atoms with Crippen molar-refractivity contribution in [1.29, 1.82) is 0 Å². The fourth-order valence-electron chi connectivity index (χ4n) is 8.50. The monoisotopic (exact) mass is 1270 g/mol. The maximum absolute atomic E-state index is 14.5. The summed E-state index contributed by atoms with van der Waals surface area (Å²) in [6.07, 6.45) is -2.45. The van der Waals surface area contributed by atoms with Gasteiger partial charge in [0, 0.05) is 42.9 Å². The molecular weight excluding hydrogens is 1190 g/mol. The van der Waals surface area contributed by atoms with Gasteiger partial charge in [-0.05, 0) is 61.8 Å². The van der Waals surface area contributed by atoms with Gasteiger partial charge >= 0.3 is 17.9 Å². The third-order valence-corrected chi connectivity index (χ3v) is 13.8. The van der Waals surface area contributed by atoms with E-state index in [4.69, 9.17) is 22.9 Å². The minimum Gasteiger partial charge on any atom is -0.481 e. The summed E-state index contributed by atoms with van der Waals surface area (Å²) in [5.74, 6) is -16.2. The topological polar surface area (TPSA) is 584 Å². The first kappa shape index (κ1) is 73.8. The van der Waals surface area contributed by atoms with Gasteiger partial charge in [0.25, 0.3) is 0 Å². The average Bonchev–Trinajstić information content (AvgIpc) is 2.57. The predicted octanol–water partition coefficient (Wildman–Crippen LogP) is -6.88. The van der Waals surface area contributed by atoms with Crippen LogP contribution in [0.15, 0.2) is 65.8 Å². The maximum atomic E-state index is 14.5. The van der Waals surface area contributed by atoms with Crippen LogP contribution in [0.3, 0.4) is 0 Å². The van der Waals surface area contributed by atoms with Crippen LogP contribution in [0.2, 0.25) is 0 Å². The molecule has 0 saturated carbocycles. The number of hydrogen-bond donors (Lipinski definition) is 20. The molecule has 0 spiro atoms. The van der Waals surface area contributed by atoms with E-state index in [9.17, 15) is 93.0 Å². The predicted molar refractivity (Wildman–Crippen MR) is 317 cm³/mol. The number of aliphatic hydroxyl groups is 3. The van der Waals surface area contributed by atoms with E-state index < -0.39 is 182 Å². The summed E-state index contributed by atoms with van der Waals surface area (Å²) in [4.78, 5) is 178. The van der Waals surface area contributed by atoms with E-state index in [-0.39, 0.29) is 50.4 Å². The summed E-state index contributed by atoms with van der Waals surface area (Å²) in [5.41, 5.74) is 23.3. The number of fused-ring (bicyclic) bond motifs is 1. The van der Waals surface area contributed by atoms with Gasteiger partial charge in [0.15, 0.2) is 5.96 Å². The van der Waals surface area contributed by atoms with Crippen LogP contribution in [0.4, 0.5) is 0 Å². The lowest BCUT2D eigenvalue weighted by atomic mass is 10.0. The second-order valence-electron chi connectivity index (χ2n) is 20.2. The zero-order valence-corrected chi connectivity index (χ0v) is 49.3. The highest BCUT2D eigenvalue weighted by molar-refractivity contribution is 7.98. The number of amides is 10. The summed E-state index contributed by atoms with van der Waals surface area (Å²) in [5, 5.41) is 80.4. The van der Waals surface area contributed by atoms with Crippen LogP contribution in [-0.4, -0.2) is 217 Å². The Morgan fingerprint density at radius 2 is 1.02 bits per heavy atom. The standard InChI is InChI=1S/C54H77N15O19S/c1-26(72)43(69-50(84)35(19-27-9-4-3-5-10-27)64-45(79)32(13-8-17-59-54(57)58)61-44(78)30(55)21-41(74)75)52(86)63-34(16-18-89-2)47(81)65-36(20-28-23-60-31-12-7-6-11-29(28)31)48(82)66-37(22-42(76)77)49(83)67-38(24-70)51(85)62-33(14-15-40(56)73)46(80)68-39(25-71)53(87)88/h3-7,9-12,23,26,30,32-39,43,60,70-72H,8,13-22,24-25,55H2,1-2H3,(H2,56,73)(H,61,78)(H,62,85)(H,63,86)(H,64,79)(H,65,81)(H,66,82)(H,67,83)(H,68,80)(H,69,84)(H,74,75)(H,76,77)(H,87,88)(H4,57,58,59)/t26-,30+,32+,33+,34+,35+,36+,37+,38+,39+,43+/m1/s1. The summed E-state index contributed by atoms with van der Waals surface area (Å²) in [6.45, 7) is -1.19. The van der Waals surface area contributed by atoms with E-state index in [1.807, 2.05) is 5.32 Å². The number of benzene rings is 2. The molecule has 1 heterocycles. The number of carbonyl (C=O) groups is 13. The number of nitrogens with one attached hydrogen (secondary N) is 10. The molecule has 0 aliphatic heterocycles. The molecule has 0 aliphatic carbocycles. The van der Waals surface area contributed by atoms with Crippen LogP contribution in [0, 0.1) is 0 Å². The van der Waals surface area contributed by atoms with Crippen molar-refractivity contribution in [3.63, 3.8) is 0 Å². The Morgan fingerprint density at radius 3 is 1.58 bits per heavy atom. The Hall–Kier alpha value is -9.45. The number of carboxylic acid groups (broad SMARTS) is 3. The molecule has 10 amide bonds. The number of aromatic nitrogens is 1. The number of guanidine groups is 1. The highest BCUT2D eigenvalue weighted by Crippen LogP contribution is 2.20. The minimum absolute atomic E-state index is 0.00998. The van der Waals surface area contributed by atoms with E-state index in [2.05, 4.69) is 52.5 Å². The molecule has 24 N–H and O–H groups in total. The molecule has 3 aromatic rings. The minimum atomic E-state index is -2.08. The molecule has 488 valence electrons. The molecule has 34 nitrogen and oxygen atoms in total. The molecule has 0 unspecified atom stereocenters. The number of aliphatic imine (C=N–C) groups is 1. The van der Waals surface area contributed by atoms with Crippen molar-refractivity contribution in [2.45, 2.75) is 131 Å². The molecule has 89 heavy (non-hydrogen) atoms. The number of primary amides is 1. The average molecular weight is 1270 g/mol. The molecule has 11 atom stereocenters. The summed E-state index contributed by atoms with van der Waals surface area (Å²) < 4.78 is 0. The smallest absolute Gasteiger partial charge is 0.328 e. The Labute approximate surface area is 512 Å². The molecule has 35 heteroatoms. The first-order valence-corrected chi connectivity index (χ1v) is 28.9. The first-order chi connectivity index (χ1) is 42.1. The summed E-state index contributed by atoms with van der Waals surface area (Å²) >= 11 is 1.23. The lowest BCUT2D eigenvalue weighted by molar-refractivity contribution is -0.143. The van der Waals surface area contributed by atoms with Crippen molar-refractivity contribution in [1.82, 2.24) is 52.8 Å². The van der Waals surface area contributed by atoms with Crippen LogP contribution >= 0.6 is 11.8 Å². The van der Waals surface area contributed by atoms with Gasteiger partial charge in [-0.25, -0.2) is 4.79 Å². The van der Waals surface area contributed by atoms with Gasteiger partial charge in [0.2, 0.25) is 59.1 Å². The second kappa shape index (κ2) is 37.3. The van der Waals surface area contributed by atoms with Gasteiger partial charge in [-0.15, -0.1) is 0 Å². The van der Waals surface area contributed by atoms with Crippen molar-refractivity contribution < 1.29 is 93.0 Å². The SMILES string of the molecule is CSCC[C@H](NC(=O)[C@@H](NC(=O)[C@H](Cc1ccccc1)NC(=O)[C@H](CCCN=C(N)N)NC(=O)[C@@H](N)CC(=O)O)[C@@H](C)O)C(=O)N[C@@H](Cc1c[nH]c2ccccc12)C(=O)N[C@@H](CC(=O)O)C(=O)N[C@@H](CO)C(=O)N[C@@H](CCC(N)=O)C(=O)N[C@@H](CO)C(=O)O. The Kier molecular flexibility index (Phi) is 30.9. The lowest BCUT2D eigenvalue weighted by Gasteiger charge is -2.29. The lowest BCUT2D eigenvalue weighted by Crippen LogP contribution is -2.62. The highest BCUT2D eigenvalue weighted by Gasteiger charge is 2.37. The van der Waals surface area contributed by atoms with Gasteiger partial charge in [-0.2, -0.15) is 11.8 Å². The normalized spacial score (nSPS) is 14.7. The number of carbonyl (C=O) groups excluding carboxylic acids is 10. The Bertz CT molecular complexity index is 3000. The largest absolute Gasteiger partial charge is 0.481 e. The number of H-pyrrole nitrogens is 1. The second-order valence-corrected chi connectivity index (χ2v) is 21.2. The molecule has 0 fully saturated rings. The van der Waals surface area contributed by atoms with Gasteiger partial charge < -0.3 is 106 Å². The highest BCUT2D eigenvalue weighted by atomic mass is 32.2. The summed E-state index contributed by atoms with van der Waals surface area (Å²) in [6, 6.07) is -2.54. The van der Waals surface area contributed by atoms with Crippen molar-refractivity contribution in [3.8, 4) is 0 Å². The number of para-hydroxylation sites is 1. The van der Waals surface area contributed by atoms with Crippen LogP contribution in [0.5, 0.6) is 0 Å². The number of nitrogens with zero attached hydrogens (tertiary/aromatic N) is 1. The van der Waals surface area contributed by atoms with Gasteiger partial charge in [0.05, 0.1) is 38.2 Å². The van der Waals surface area contributed by atoms with Crippen LogP contribution in [0.1, 0.15) is 63.0 Å². The number of carboxylic acids is 3. The molecule has 0 saturated heterocycles. The fraction of sp³-hybridized carbons (Fsp3) is 0.481. The Morgan fingerprint density at radius 1 is 0.551 bits per heavy atom. The molecule has 0 radical (unpaired) electrons. The maximum Gasteiger partial charge on any atom is 0.328 e. The van der Waals surface area contributed by atoms with Crippen LogP contribution in [-0.2, 0) is 75.2 Å². The Balaban J connectivity index is 1.98. The first-order valence-electron chi connectivity index (χ1n) is 27.6. The molecule has 2 aromatic carbocycles. The molecular formula is C54H77N15O19S. The van der Waals surface area contributed by atoms with Crippen LogP contribution < -0.4 is 70.8 Å². The molecule has 0 bridgehead atoms. The number of rotatable bonds is 40. The number of nitrogens with two attached hydrogens (primary N) is 4. The number of aliphatic hydroxyl groups excluding tert-OH is 3. The van der Waals surface area contributed by atoms with Crippen molar-refractivity contribution in [3.05, 3.63) is 71.9 Å². The van der Waals surface area contributed by atoms with Gasteiger partial charge in [0.1, 0.15) is 54.4 Å². The number of aliphatic carboxylic acids is 3. The summed E-state index contributed by atoms with van der Waals surface area (Å²) in [7, 11) is 0. The van der Waals surface area contributed by atoms with Crippen molar-refractivity contribution >= 4 is 106 Å². The van der Waals surface area contributed by atoms with E-state index in [0.29, 0.717) is 22.0 Å². The third-order valence-electron chi connectivity index (χ3n) is 13.2. The third kappa shape index (κ3) is 25.4. The van der Waals surface area contributed by atoms with E-state index >= 15 is 0 Å². The number of thioether (sulfide) groups is 1. The van der Waals surface area contributed by atoms with Gasteiger partial charge in [-0.1, -0.05) is 48.5 Å². The van der Waals surface area contributed by atoms with Crippen molar-refractivity contribution in [2.75, 3.05) is 31.8 Å². The van der Waals surface area contributed by atoms with E-state index in [1.54, 1.807) is 60.9 Å². The molecule has 1 aromatic heterocycles. The quantitative estimate of drug-likeness (QED) is 0.0143. The van der Waals surface area contributed by atoms with E-state index in [1.165, 1.54) is 18.0 Å². The fourth-order valence-corrected chi connectivity index (χ4v) is 8.97. The number of aromatic amines is 1. The zero-order chi connectivity index (χ0) is 66.5. The number of hydrogen-bond acceptors (Lipinski definition) is 19. The van der Waals surface area contributed by atoms with Crippen molar-refractivity contribution in [2.24, 2.45) is 27.9 Å². The van der Waals surface area contributed by atoms with E-state index in [0.717, 1.165) is 6.92 Å². The van der Waals surface area contributed by atoms with Gasteiger partial charge in [-0.3, -0.25) is 62.5 Å².